The van der Waals surface area contributed by atoms with Crippen LogP contribution in [-0.4, -0.2) is 47.7 Å². The molecule has 0 amide bonds. The number of fused-ring (bicyclic) bond motifs is 2. The lowest BCUT2D eigenvalue weighted by atomic mass is 10.1. The Morgan fingerprint density at radius 1 is 0.973 bits per heavy atom. The van der Waals surface area contributed by atoms with Crippen molar-refractivity contribution < 1.29 is 9.47 Å². The molecular formula is C26H25N9O2. The number of amidine groups is 1. The molecule has 1 aliphatic rings. The third-order valence-electron chi connectivity index (χ3n) is 6.03. The Kier molecular flexibility index (Phi) is 5.32. The van der Waals surface area contributed by atoms with E-state index in [0.29, 0.717) is 35.7 Å². The summed E-state index contributed by atoms with van der Waals surface area (Å²) in [5.74, 6) is 1.88. The Morgan fingerprint density at radius 2 is 1.81 bits per heavy atom. The second-order valence-corrected chi connectivity index (χ2v) is 9.54. The molecule has 37 heavy (non-hydrogen) atoms. The van der Waals surface area contributed by atoms with Crippen LogP contribution < -0.4 is 15.4 Å². The van der Waals surface area contributed by atoms with Crippen molar-refractivity contribution in [2.24, 2.45) is 4.99 Å². The summed E-state index contributed by atoms with van der Waals surface area (Å²) in [4.78, 5) is 17.9. The van der Waals surface area contributed by atoms with E-state index >= 15 is 0 Å². The van der Waals surface area contributed by atoms with Crippen molar-refractivity contribution in [3.8, 4) is 11.6 Å². The molecule has 2 aromatic carbocycles. The lowest BCUT2D eigenvalue weighted by Crippen LogP contribution is -2.17. The van der Waals surface area contributed by atoms with Gasteiger partial charge in [0.2, 0.25) is 5.88 Å². The monoisotopic (exact) mass is 495 g/mol. The van der Waals surface area contributed by atoms with Crippen LogP contribution in [0.5, 0.6) is 11.6 Å². The average molecular weight is 496 g/mol. The first-order valence-corrected chi connectivity index (χ1v) is 11.8. The second-order valence-electron chi connectivity index (χ2n) is 9.54. The average Bonchev–Trinajstić information content (AvgIpc) is 3.49. The fourth-order valence-electron chi connectivity index (χ4n) is 4.09. The Morgan fingerprint density at radius 3 is 2.62 bits per heavy atom. The highest BCUT2D eigenvalue weighted by atomic mass is 16.5. The van der Waals surface area contributed by atoms with E-state index in [2.05, 4.69) is 40.8 Å². The van der Waals surface area contributed by atoms with Crippen LogP contribution in [0.3, 0.4) is 0 Å². The maximum Gasteiger partial charge on any atom is 0.289 e. The van der Waals surface area contributed by atoms with E-state index in [0.717, 1.165) is 33.4 Å². The molecule has 0 saturated heterocycles. The fourth-order valence-corrected chi connectivity index (χ4v) is 4.09. The zero-order chi connectivity index (χ0) is 25.6. The SMILES string of the molecule is Cc1cc(Nc2ncnc3ccc(NC4=NC(C)(C)CO4)cc23)ccc1Oc1ncn2cnnc2c1C. The Bertz CT molecular complexity index is 1680. The molecule has 0 aliphatic carbocycles. The first kappa shape index (κ1) is 22.7. The molecule has 0 spiro atoms. The minimum Gasteiger partial charge on any atom is -0.462 e. The molecule has 3 aromatic heterocycles. The Labute approximate surface area is 212 Å². The summed E-state index contributed by atoms with van der Waals surface area (Å²) in [6.45, 7) is 8.50. The number of nitrogens with one attached hydrogen (secondary N) is 2. The molecule has 6 rings (SSSR count). The first-order valence-electron chi connectivity index (χ1n) is 11.8. The van der Waals surface area contributed by atoms with Crippen LogP contribution in [0, 0.1) is 13.8 Å². The van der Waals surface area contributed by atoms with E-state index in [4.69, 9.17) is 9.47 Å². The molecule has 2 N–H and O–H groups in total. The van der Waals surface area contributed by atoms with Gasteiger partial charge in [-0.25, -0.2) is 19.9 Å². The largest absolute Gasteiger partial charge is 0.462 e. The number of aromatic nitrogens is 6. The first-order chi connectivity index (χ1) is 17.8. The van der Waals surface area contributed by atoms with Crippen LogP contribution in [-0.2, 0) is 4.74 Å². The highest BCUT2D eigenvalue weighted by Gasteiger charge is 2.26. The minimum atomic E-state index is -0.235. The van der Waals surface area contributed by atoms with Crippen LogP contribution >= 0.6 is 0 Å². The fraction of sp³-hybridized carbons (Fsp3) is 0.231. The van der Waals surface area contributed by atoms with Gasteiger partial charge in [-0.05, 0) is 69.7 Å². The van der Waals surface area contributed by atoms with Crippen molar-refractivity contribution in [2.45, 2.75) is 33.2 Å². The van der Waals surface area contributed by atoms with Gasteiger partial charge in [0.05, 0.1) is 16.6 Å². The minimum absolute atomic E-state index is 0.235. The molecule has 11 heteroatoms. The van der Waals surface area contributed by atoms with Gasteiger partial charge < -0.3 is 20.1 Å². The second kappa shape index (κ2) is 8.70. The molecule has 11 nitrogen and oxygen atoms in total. The van der Waals surface area contributed by atoms with Crippen molar-refractivity contribution in [1.82, 2.24) is 29.5 Å². The van der Waals surface area contributed by atoms with Crippen molar-refractivity contribution in [1.29, 1.82) is 0 Å². The number of anilines is 3. The third-order valence-corrected chi connectivity index (χ3v) is 6.03. The van der Waals surface area contributed by atoms with Gasteiger partial charge in [0.25, 0.3) is 6.02 Å². The summed E-state index contributed by atoms with van der Waals surface area (Å²) in [7, 11) is 0. The molecule has 5 aromatic rings. The molecule has 0 atom stereocenters. The number of ether oxygens (including phenoxy) is 2. The number of aliphatic imine (C=N–C) groups is 1. The van der Waals surface area contributed by atoms with Crippen LogP contribution in [0.15, 0.2) is 60.4 Å². The quantitative estimate of drug-likeness (QED) is 0.354. The van der Waals surface area contributed by atoms with Gasteiger partial charge in [-0.1, -0.05) is 0 Å². The zero-order valence-corrected chi connectivity index (χ0v) is 20.9. The summed E-state index contributed by atoms with van der Waals surface area (Å²) in [5, 5.41) is 15.6. The van der Waals surface area contributed by atoms with Crippen molar-refractivity contribution in [3.63, 3.8) is 0 Å². The summed E-state index contributed by atoms with van der Waals surface area (Å²) >= 11 is 0. The summed E-state index contributed by atoms with van der Waals surface area (Å²) < 4.78 is 13.5. The topological polar surface area (TPSA) is 124 Å². The lowest BCUT2D eigenvalue weighted by Gasteiger charge is -2.13. The normalized spacial score (nSPS) is 14.4. The van der Waals surface area contributed by atoms with Crippen LogP contribution in [0.2, 0.25) is 0 Å². The van der Waals surface area contributed by atoms with E-state index in [-0.39, 0.29) is 5.54 Å². The van der Waals surface area contributed by atoms with Gasteiger partial charge in [-0.15, -0.1) is 10.2 Å². The molecule has 0 unspecified atom stereocenters. The van der Waals surface area contributed by atoms with Gasteiger partial charge in [-0.2, -0.15) is 0 Å². The molecule has 0 bridgehead atoms. The Hall–Kier alpha value is -4.80. The van der Waals surface area contributed by atoms with E-state index in [1.54, 1.807) is 23.4 Å². The predicted octanol–water partition coefficient (Wildman–Crippen LogP) is 4.80. The third kappa shape index (κ3) is 4.46. The molecule has 0 fully saturated rings. The summed E-state index contributed by atoms with van der Waals surface area (Å²) in [5.41, 5.74) is 4.75. The summed E-state index contributed by atoms with van der Waals surface area (Å²) in [6, 6.07) is 12.2. The number of rotatable bonds is 5. The standard InChI is InChI=1S/C26H25N9O2/c1-15-9-17(6-8-21(15)37-24-16(2)23-34-30-14-35(23)13-29-24)31-22-19-10-18(5-7-20(19)27-12-28-22)32-25-33-26(3,4)11-36-25/h5-10,12-14H,11H2,1-4H3,(H,32,33)(H,27,28,31). The maximum absolute atomic E-state index is 6.11. The smallest absolute Gasteiger partial charge is 0.289 e. The van der Waals surface area contributed by atoms with Gasteiger partial charge in [-0.3, -0.25) is 4.40 Å². The van der Waals surface area contributed by atoms with Crippen molar-refractivity contribution >= 4 is 39.8 Å². The zero-order valence-electron chi connectivity index (χ0n) is 20.9. The molecule has 0 radical (unpaired) electrons. The van der Waals surface area contributed by atoms with Gasteiger partial charge in [0, 0.05) is 16.8 Å². The number of hydrogen-bond acceptors (Lipinski definition) is 10. The molecule has 4 heterocycles. The molecule has 186 valence electrons. The maximum atomic E-state index is 6.11. The molecule has 0 saturated carbocycles. The number of nitrogens with zero attached hydrogens (tertiary/aromatic N) is 7. The highest BCUT2D eigenvalue weighted by molar-refractivity contribution is 5.97. The van der Waals surface area contributed by atoms with E-state index in [1.807, 2.05) is 64.1 Å². The lowest BCUT2D eigenvalue weighted by molar-refractivity contribution is 0.278. The van der Waals surface area contributed by atoms with E-state index in [9.17, 15) is 0 Å². The van der Waals surface area contributed by atoms with Crippen LogP contribution in [0.25, 0.3) is 16.6 Å². The van der Waals surface area contributed by atoms with Gasteiger partial charge in [0.1, 0.15) is 37.2 Å². The number of aryl methyl sites for hydroxylation is 2. The van der Waals surface area contributed by atoms with Crippen molar-refractivity contribution in [2.75, 3.05) is 17.2 Å². The predicted molar refractivity (Wildman–Crippen MR) is 141 cm³/mol. The summed E-state index contributed by atoms with van der Waals surface area (Å²) in [6.07, 6.45) is 4.79. The Balaban J connectivity index is 1.24. The van der Waals surface area contributed by atoms with Crippen LogP contribution in [0.4, 0.5) is 17.2 Å². The number of benzene rings is 2. The molecular weight excluding hydrogens is 470 g/mol. The van der Waals surface area contributed by atoms with E-state index < -0.39 is 0 Å². The van der Waals surface area contributed by atoms with Gasteiger partial charge >= 0.3 is 0 Å². The van der Waals surface area contributed by atoms with E-state index in [1.165, 1.54) is 0 Å². The molecule has 1 aliphatic heterocycles. The highest BCUT2D eigenvalue weighted by Crippen LogP contribution is 2.31. The number of hydrogen-bond donors (Lipinski definition) is 2. The van der Waals surface area contributed by atoms with Gasteiger partial charge in [0.15, 0.2) is 5.65 Å². The van der Waals surface area contributed by atoms with Crippen molar-refractivity contribution in [3.05, 3.63) is 66.5 Å². The van der Waals surface area contributed by atoms with Crippen LogP contribution in [0.1, 0.15) is 25.0 Å².